The number of rotatable bonds is 5. The number of methoxy groups -OCH3 is 1. The van der Waals surface area contributed by atoms with Gasteiger partial charge < -0.3 is 19.3 Å². The molecule has 0 aliphatic carbocycles. The van der Waals surface area contributed by atoms with Gasteiger partial charge in [-0.3, -0.25) is 0 Å². The van der Waals surface area contributed by atoms with Gasteiger partial charge in [-0.25, -0.2) is 0 Å². The van der Waals surface area contributed by atoms with Crippen LogP contribution in [0, 0.1) is 0 Å². The molecule has 0 saturated carbocycles. The highest BCUT2D eigenvalue weighted by Gasteiger charge is 2.20. The first kappa shape index (κ1) is 14.6. The molecular weight excluding hydrogens is 270 g/mol. The second-order valence-electron chi connectivity index (χ2n) is 4.29. The number of aliphatic hydroxyl groups is 1. The molecule has 0 amide bonds. The number of hydrogen-bond donors (Lipinski definition) is 1. The Morgan fingerprint density at radius 2 is 2.10 bits per heavy atom. The maximum absolute atomic E-state index is 12.3. The lowest BCUT2D eigenvalue weighted by Gasteiger charge is -2.21. The van der Waals surface area contributed by atoms with E-state index in [2.05, 4.69) is 4.74 Å². The van der Waals surface area contributed by atoms with Crippen LogP contribution in [0.2, 0.25) is 0 Å². The van der Waals surface area contributed by atoms with Crippen molar-refractivity contribution in [1.29, 1.82) is 0 Å². The average Bonchev–Trinajstić information content (AvgIpc) is 2.46. The Bertz CT molecular complexity index is 488. The van der Waals surface area contributed by atoms with Crippen molar-refractivity contribution in [3.63, 3.8) is 0 Å². The van der Waals surface area contributed by atoms with Crippen molar-refractivity contribution in [3.8, 4) is 11.5 Å². The van der Waals surface area contributed by atoms with Gasteiger partial charge in [0, 0.05) is 0 Å². The van der Waals surface area contributed by atoms with Gasteiger partial charge in [-0.2, -0.15) is 8.78 Å². The van der Waals surface area contributed by atoms with E-state index in [1.165, 1.54) is 19.2 Å². The summed E-state index contributed by atoms with van der Waals surface area (Å²) < 4.78 is 39.4. The van der Waals surface area contributed by atoms with Gasteiger partial charge in [0.05, 0.1) is 13.7 Å². The molecule has 4 nitrogen and oxygen atoms in total. The van der Waals surface area contributed by atoms with E-state index in [9.17, 15) is 13.9 Å². The fraction of sp³-hybridized carbons (Fsp3) is 0.429. The minimum atomic E-state index is -2.96. The Morgan fingerprint density at radius 3 is 2.70 bits per heavy atom. The second kappa shape index (κ2) is 6.56. The number of aliphatic hydroxyl groups excluding tert-OH is 1. The molecule has 2 rings (SSSR count). The predicted molar refractivity (Wildman–Crippen MR) is 67.9 cm³/mol. The van der Waals surface area contributed by atoms with E-state index in [0.29, 0.717) is 17.9 Å². The van der Waals surface area contributed by atoms with Crippen LogP contribution in [-0.4, -0.2) is 25.4 Å². The molecule has 6 heteroatoms. The van der Waals surface area contributed by atoms with E-state index in [1.54, 1.807) is 12.1 Å². The van der Waals surface area contributed by atoms with Gasteiger partial charge >= 0.3 is 6.61 Å². The lowest BCUT2D eigenvalue weighted by molar-refractivity contribution is -0.0513. The molecular formula is C14H16F2O4. The molecule has 20 heavy (non-hydrogen) atoms. The van der Waals surface area contributed by atoms with E-state index in [4.69, 9.17) is 9.47 Å². The van der Waals surface area contributed by atoms with Crippen molar-refractivity contribution in [2.45, 2.75) is 25.6 Å². The SMILES string of the molecule is COc1ccc(C(O)C2=CCCCO2)cc1OC(F)F. The molecule has 0 aromatic heterocycles. The van der Waals surface area contributed by atoms with Crippen LogP contribution in [0.25, 0.3) is 0 Å². The fourth-order valence-corrected chi connectivity index (χ4v) is 1.98. The van der Waals surface area contributed by atoms with E-state index >= 15 is 0 Å². The molecule has 1 aromatic carbocycles. The molecule has 1 heterocycles. The Hall–Kier alpha value is -1.82. The van der Waals surface area contributed by atoms with Crippen LogP contribution in [0.1, 0.15) is 24.5 Å². The van der Waals surface area contributed by atoms with E-state index in [1.807, 2.05) is 0 Å². The number of alkyl halides is 2. The van der Waals surface area contributed by atoms with E-state index in [0.717, 1.165) is 12.8 Å². The largest absolute Gasteiger partial charge is 0.495 e. The van der Waals surface area contributed by atoms with Gasteiger partial charge in [0.1, 0.15) is 11.9 Å². The van der Waals surface area contributed by atoms with E-state index in [-0.39, 0.29) is 11.5 Å². The predicted octanol–water partition coefficient (Wildman–Crippen LogP) is 3.02. The van der Waals surface area contributed by atoms with Crippen LogP contribution in [0.5, 0.6) is 11.5 Å². The molecule has 0 spiro atoms. The number of hydrogen-bond acceptors (Lipinski definition) is 4. The Labute approximate surface area is 115 Å². The summed E-state index contributed by atoms with van der Waals surface area (Å²) in [4.78, 5) is 0. The molecule has 0 saturated heterocycles. The van der Waals surface area contributed by atoms with Crippen molar-refractivity contribution >= 4 is 0 Å². The van der Waals surface area contributed by atoms with Gasteiger partial charge in [0.2, 0.25) is 0 Å². The molecule has 110 valence electrons. The molecule has 0 bridgehead atoms. The van der Waals surface area contributed by atoms with Crippen molar-refractivity contribution < 1.29 is 28.1 Å². The van der Waals surface area contributed by atoms with Crippen molar-refractivity contribution in [3.05, 3.63) is 35.6 Å². The van der Waals surface area contributed by atoms with Crippen molar-refractivity contribution in [1.82, 2.24) is 0 Å². The Kier molecular flexibility index (Phi) is 4.79. The zero-order valence-corrected chi connectivity index (χ0v) is 11.0. The van der Waals surface area contributed by atoms with Crippen LogP contribution < -0.4 is 9.47 Å². The van der Waals surface area contributed by atoms with E-state index < -0.39 is 12.7 Å². The first-order chi connectivity index (χ1) is 9.61. The molecule has 1 aromatic rings. The third-order valence-electron chi connectivity index (χ3n) is 2.95. The number of halogens is 2. The molecule has 0 radical (unpaired) electrons. The quantitative estimate of drug-likeness (QED) is 0.904. The highest BCUT2D eigenvalue weighted by atomic mass is 19.3. The third-order valence-corrected chi connectivity index (χ3v) is 2.95. The molecule has 1 N–H and O–H groups in total. The van der Waals surface area contributed by atoms with Crippen LogP contribution in [0.4, 0.5) is 8.78 Å². The third kappa shape index (κ3) is 3.39. The topological polar surface area (TPSA) is 47.9 Å². The summed E-state index contributed by atoms with van der Waals surface area (Å²) in [5, 5.41) is 10.2. The van der Waals surface area contributed by atoms with Gasteiger partial charge in [0.15, 0.2) is 11.5 Å². The first-order valence-corrected chi connectivity index (χ1v) is 6.25. The standard InChI is InChI=1S/C14H16F2O4/c1-18-10-6-5-9(8-12(10)20-14(15)16)13(17)11-4-2-3-7-19-11/h4-6,8,13-14,17H,2-3,7H2,1H3. The summed E-state index contributed by atoms with van der Waals surface area (Å²) in [5.41, 5.74) is 0.412. The lowest BCUT2D eigenvalue weighted by atomic mass is 10.0. The van der Waals surface area contributed by atoms with Crippen LogP contribution in [-0.2, 0) is 4.74 Å². The van der Waals surface area contributed by atoms with Gasteiger partial charge in [-0.1, -0.05) is 6.07 Å². The van der Waals surface area contributed by atoms with Crippen LogP contribution >= 0.6 is 0 Å². The molecule has 1 atom stereocenters. The van der Waals surface area contributed by atoms with Gasteiger partial charge in [-0.05, 0) is 36.6 Å². The first-order valence-electron chi connectivity index (χ1n) is 6.25. The van der Waals surface area contributed by atoms with Crippen LogP contribution in [0.15, 0.2) is 30.0 Å². The number of ether oxygens (including phenoxy) is 3. The zero-order chi connectivity index (χ0) is 14.5. The van der Waals surface area contributed by atoms with Crippen LogP contribution in [0.3, 0.4) is 0 Å². The molecule has 1 unspecified atom stereocenters. The lowest BCUT2D eigenvalue weighted by Crippen LogP contribution is -2.10. The normalized spacial score (nSPS) is 16.4. The maximum Gasteiger partial charge on any atom is 0.387 e. The van der Waals surface area contributed by atoms with Gasteiger partial charge in [-0.15, -0.1) is 0 Å². The molecule has 0 fully saturated rings. The maximum atomic E-state index is 12.3. The summed E-state index contributed by atoms with van der Waals surface area (Å²) in [7, 11) is 1.36. The molecule has 1 aliphatic rings. The summed E-state index contributed by atoms with van der Waals surface area (Å²) in [6.45, 7) is -2.42. The zero-order valence-electron chi connectivity index (χ0n) is 11.0. The summed E-state index contributed by atoms with van der Waals surface area (Å²) >= 11 is 0. The second-order valence-corrected chi connectivity index (χ2v) is 4.29. The summed E-state index contributed by atoms with van der Waals surface area (Å²) in [6, 6.07) is 4.38. The van der Waals surface area contributed by atoms with Crippen molar-refractivity contribution in [2.24, 2.45) is 0 Å². The molecule has 1 aliphatic heterocycles. The highest BCUT2D eigenvalue weighted by Crippen LogP contribution is 2.34. The monoisotopic (exact) mass is 286 g/mol. The minimum Gasteiger partial charge on any atom is -0.495 e. The summed E-state index contributed by atoms with van der Waals surface area (Å²) in [6.07, 6.45) is 2.52. The highest BCUT2D eigenvalue weighted by molar-refractivity contribution is 5.44. The minimum absolute atomic E-state index is 0.115. The van der Waals surface area contributed by atoms with Crippen molar-refractivity contribution in [2.75, 3.05) is 13.7 Å². The fourth-order valence-electron chi connectivity index (χ4n) is 1.98. The summed E-state index contributed by atoms with van der Waals surface area (Å²) in [5.74, 6) is 0.500. The Morgan fingerprint density at radius 1 is 1.30 bits per heavy atom. The van der Waals surface area contributed by atoms with Gasteiger partial charge in [0.25, 0.3) is 0 Å². The number of benzene rings is 1. The smallest absolute Gasteiger partial charge is 0.387 e. The number of allylic oxidation sites excluding steroid dienone is 1. The Balaban J connectivity index is 2.25. The average molecular weight is 286 g/mol.